The molecule has 2 aliphatic heterocycles. The van der Waals surface area contributed by atoms with Crippen LogP contribution in [0, 0.1) is 11.8 Å². The maximum Gasteiger partial charge on any atom is 0.241 e. The Hall–Kier alpha value is -0.610. The minimum Gasteiger partial charge on any atom is -0.326 e. The van der Waals surface area contributed by atoms with E-state index in [1.54, 1.807) is 0 Å². The third-order valence-electron chi connectivity index (χ3n) is 4.59. The molecule has 1 amide bonds. The molecule has 2 saturated heterocycles. The molecule has 0 saturated carbocycles. The van der Waals surface area contributed by atoms with Crippen LogP contribution in [0.3, 0.4) is 0 Å². The zero-order valence-corrected chi connectivity index (χ0v) is 12.1. The molecule has 0 bridgehead atoms. The smallest absolute Gasteiger partial charge is 0.241 e. The monoisotopic (exact) mass is 253 g/mol. The topological polar surface area (TPSA) is 35.6 Å². The predicted octanol–water partition coefficient (Wildman–Crippen LogP) is 1.13. The molecule has 4 unspecified atom stereocenters. The van der Waals surface area contributed by atoms with E-state index in [9.17, 15) is 4.79 Å². The fraction of sp³-hybridized carbons (Fsp3) is 0.929. The number of hydrogen-bond donors (Lipinski definition) is 1. The van der Waals surface area contributed by atoms with Crippen molar-refractivity contribution in [2.45, 2.75) is 45.8 Å². The summed E-state index contributed by atoms with van der Waals surface area (Å²) >= 11 is 0. The van der Waals surface area contributed by atoms with Crippen LogP contribution in [0.25, 0.3) is 0 Å². The highest BCUT2D eigenvalue weighted by Gasteiger charge is 2.40. The van der Waals surface area contributed by atoms with Crippen molar-refractivity contribution >= 4 is 5.91 Å². The number of carbonyl (C=O) groups is 1. The summed E-state index contributed by atoms with van der Waals surface area (Å²) in [6.45, 7) is 9.64. The van der Waals surface area contributed by atoms with Crippen molar-refractivity contribution in [3.05, 3.63) is 0 Å². The number of likely N-dealkylation sites (tertiary alicyclic amines) is 1. The average molecular weight is 253 g/mol. The van der Waals surface area contributed by atoms with Crippen molar-refractivity contribution in [3.8, 4) is 0 Å². The maximum absolute atomic E-state index is 12.4. The molecule has 0 spiro atoms. The largest absolute Gasteiger partial charge is 0.326 e. The summed E-state index contributed by atoms with van der Waals surface area (Å²) in [7, 11) is 2.16. The Kier molecular flexibility index (Phi) is 4.28. The Balaban J connectivity index is 1.94. The molecule has 4 heteroatoms. The van der Waals surface area contributed by atoms with Gasteiger partial charge in [0, 0.05) is 13.1 Å². The lowest BCUT2D eigenvalue weighted by molar-refractivity contribution is -0.131. The van der Waals surface area contributed by atoms with E-state index < -0.39 is 0 Å². The fourth-order valence-corrected chi connectivity index (χ4v) is 3.14. The van der Waals surface area contributed by atoms with Gasteiger partial charge in [-0.05, 0) is 38.8 Å². The van der Waals surface area contributed by atoms with E-state index in [1.165, 1.54) is 13.0 Å². The number of amides is 1. The second kappa shape index (κ2) is 5.57. The van der Waals surface area contributed by atoms with Gasteiger partial charge in [0.1, 0.15) is 0 Å². The van der Waals surface area contributed by atoms with Gasteiger partial charge in [-0.15, -0.1) is 0 Å². The maximum atomic E-state index is 12.4. The molecule has 0 aliphatic carbocycles. The molecule has 2 aliphatic rings. The lowest BCUT2D eigenvalue weighted by Gasteiger charge is -2.24. The summed E-state index contributed by atoms with van der Waals surface area (Å²) in [6, 6.07) is 0.0316. The van der Waals surface area contributed by atoms with E-state index in [0.29, 0.717) is 17.7 Å². The minimum absolute atomic E-state index is 0.0316. The zero-order chi connectivity index (χ0) is 13.3. The van der Waals surface area contributed by atoms with Gasteiger partial charge in [0.05, 0.1) is 12.2 Å². The number of nitrogens with zero attached hydrogens (tertiary/aromatic N) is 2. The van der Waals surface area contributed by atoms with E-state index in [-0.39, 0.29) is 12.2 Å². The molecule has 4 atom stereocenters. The third-order valence-corrected chi connectivity index (χ3v) is 4.59. The van der Waals surface area contributed by atoms with Crippen LogP contribution < -0.4 is 5.32 Å². The van der Waals surface area contributed by atoms with Crippen molar-refractivity contribution in [2.75, 3.05) is 26.7 Å². The van der Waals surface area contributed by atoms with Crippen molar-refractivity contribution in [2.24, 2.45) is 11.8 Å². The highest BCUT2D eigenvalue weighted by atomic mass is 16.2. The molecule has 0 aromatic rings. The van der Waals surface area contributed by atoms with Crippen LogP contribution in [0.1, 0.15) is 33.6 Å². The quantitative estimate of drug-likeness (QED) is 0.816. The summed E-state index contributed by atoms with van der Waals surface area (Å²) in [6.07, 6.45) is 2.47. The van der Waals surface area contributed by atoms with Gasteiger partial charge in [-0.1, -0.05) is 20.3 Å². The van der Waals surface area contributed by atoms with Crippen LogP contribution in [-0.2, 0) is 4.79 Å². The van der Waals surface area contributed by atoms with Gasteiger partial charge in [-0.2, -0.15) is 0 Å². The number of hydrogen-bond acceptors (Lipinski definition) is 3. The van der Waals surface area contributed by atoms with Gasteiger partial charge in [0.15, 0.2) is 0 Å². The Morgan fingerprint density at radius 2 is 2.22 bits per heavy atom. The van der Waals surface area contributed by atoms with Gasteiger partial charge in [0.2, 0.25) is 5.91 Å². The Morgan fingerprint density at radius 3 is 2.78 bits per heavy atom. The van der Waals surface area contributed by atoms with Crippen LogP contribution in [0.5, 0.6) is 0 Å². The first-order valence-electron chi connectivity index (χ1n) is 7.28. The lowest BCUT2D eigenvalue weighted by Crippen LogP contribution is -2.39. The summed E-state index contributed by atoms with van der Waals surface area (Å²) in [5.41, 5.74) is 0. The van der Waals surface area contributed by atoms with Gasteiger partial charge in [-0.25, -0.2) is 0 Å². The van der Waals surface area contributed by atoms with Crippen LogP contribution in [-0.4, -0.2) is 54.6 Å². The molecule has 104 valence electrons. The fourth-order valence-electron chi connectivity index (χ4n) is 3.14. The standard InChI is InChI=1S/C14H27N3O/c1-5-10(2)13-14(18)17(11(3)15-13)9-12-6-7-16(4)8-12/h10-13,15H,5-9H2,1-4H3. The Morgan fingerprint density at radius 1 is 1.50 bits per heavy atom. The van der Waals surface area contributed by atoms with E-state index >= 15 is 0 Å². The van der Waals surface area contributed by atoms with Crippen LogP contribution in [0.4, 0.5) is 0 Å². The Bertz CT molecular complexity index is 307. The molecule has 4 nitrogen and oxygen atoms in total. The first-order chi connectivity index (χ1) is 8.52. The zero-order valence-electron chi connectivity index (χ0n) is 12.1. The van der Waals surface area contributed by atoms with Crippen LogP contribution >= 0.6 is 0 Å². The molecular formula is C14H27N3O. The molecule has 0 aromatic heterocycles. The Labute approximate surface area is 111 Å². The van der Waals surface area contributed by atoms with Crippen molar-refractivity contribution in [1.29, 1.82) is 0 Å². The average Bonchev–Trinajstić information content (AvgIpc) is 2.87. The first-order valence-corrected chi connectivity index (χ1v) is 7.28. The molecule has 2 heterocycles. The summed E-state index contributed by atoms with van der Waals surface area (Å²) < 4.78 is 0. The van der Waals surface area contributed by atoms with Gasteiger partial charge < -0.3 is 9.80 Å². The highest BCUT2D eigenvalue weighted by molar-refractivity contribution is 5.84. The highest BCUT2D eigenvalue weighted by Crippen LogP contribution is 2.23. The SMILES string of the molecule is CCC(C)C1NC(C)N(CC2CCN(C)C2)C1=O. The first kappa shape index (κ1) is 13.8. The third kappa shape index (κ3) is 2.69. The second-order valence-electron chi connectivity index (χ2n) is 6.11. The number of nitrogens with one attached hydrogen (secondary N) is 1. The summed E-state index contributed by atoms with van der Waals surface area (Å²) in [5.74, 6) is 1.39. The molecular weight excluding hydrogens is 226 g/mol. The van der Waals surface area contributed by atoms with Gasteiger partial charge in [0.25, 0.3) is 0 Å². The second-order valence-corrected chi connectivity index (χ2v) is 6.11. The van der Waals surface area contributed by atoms with Crippen molar-refractivity contribution in [1.82, 2.24) is 15.1 Å². The van der Waals surface area contributed by atoms with Crippen LogP contribution in [0.2, 0.25) is 0 Å². The van der Waals surface area contributed by atoms with E-state index in [1.807, 2.05) is 0 Å². The van der Waals surface area contributed by atoms with E-state index in [2.05, 4.69) is 42.9 Å². The van der Waals surface area contributed by atoms with Crippen molar-refractivity contribution < 1.29 is 4.79 Å². The predicted molar refractivity (Wildman–Crippen MR) is 73.2 cm³/mol. The molecule has 0 radical (unpaired) electrons. The van der Waals surface area contributed by atoms with Gasteiger partial charge in [-0.3, -0.25) is 10.1 Å². The minimum atomic E-state index is 0.0316. The molecule has 2 fully saturated rings. The molecule has 1 N–H and O–H groups in total. The van der Waals surface area contributed by atoms with E-state index in [4.69, 9.17) is 0 Å². The molecule has 2 rings (SSSR count). The van der Waals surface area contributed by atoms with Crippen LogP contribution in [0.15, 0.2) is 0 Å². The lowest BCUT2D eigenvalue weighted by atomic mass is 9.99. The van der Waals surface area contributed by atoms with Crippen molar-refractivity contribution in [3.63, 3.8) is 0 Å². The normalized spacial score (nSPS) is 35.4. The van der Waals surface area contributed by atoms with Gasteiger partial charge >= 0.3 is 0 Å². The number of rotatable bonds is 4. The summed E-state index contributed by atoms with van der Waals surface area (Å²) in [4.78, 5) is 16.8. The molecule has 18 heavy (non-hydrogen) atoms. The number of carbonyl (C=O) groups excluding carboxylic acids is 1. The molecule has 0 aromatic carbocycles. The summed E-state index contributed by atoms with van der Waals surface area (Å²) in [5, 5.41) is 3.45. The van der Waals surface area contributed by atoms with E-state index in [0.717, 1.165) is 19.5 Å².